The molecule has 1 aromatic rings. The van der Waals surface area contributed by atoms with Crippen LogP contribution in [0.25, 0.3) is 0 Å². The zero-order valence-electron chi connectivity index (χ0n) is 11.2. The molecular weight excluding hydrogens is 242 g/mol. The molecule has 1 fully saturated rings. The summed E-state index contributed by atoms with van der Waals surface area (Å²) >= 11 is 0. The number of aliphatic hydroxyl groups is 1. The zero-order valence-corrected chi connectivity index (χ0v) is 11.2. The Hall–Kier alpha value is -1.39. The summed E-state index contributed by atoms with van der Waals surface area (Å²) in [6.45, 7) is 2.72. The molecule has 4 heteroatoms. The quantitative estimate of drug-likeness (QED) is 0.851. The molecule has 1 heterocycles. The summed E-state index contributed by atoms with van der Waals surface area (Å²) in [6, 6.07) is 9.23. The van der Waals surface area contributed by atoms with Gasteiger partial charge in [0, 0.05) is 6.61 Å². The first kappa shape index (κ1) is 14.0. The number of carbonyl (C=O) groups is 1. The van der Waals surface area contributed by atoms with E-state index in [9.17, 15) is 9.90 Å². The number of nitrogens with one attached hydrogen (secondary N) is 1. The van der Waals surface area contributed by atoms with Crippen LogP contribution in [0.5, 0.6) is 0 Å². The number of amides is 1. The number of hydrogen-bond donors (Lipinski definition) is 2. The van der Waals surface area contributed by atoms with Gasteiger partial charge in [-0.25, -0.2) is 0 Å². The average molecular weight is 263 g/mol. The molecule has 0 spiro atoms. The Morgan fingerprint density at radius 1 is 1.47 bits per heavy atom. The second kappa shape index (κ2) is 6.68. The van der Waals surface area contributed by atoms with Crippen LogP contribution in [0.4, 0.5) is 0 Å². The number of hydrogen-bond acceptors (Lipinski definition) is 3. The third-order valence-electron chi connectivity index (χ3n) is 3.47. The Labute approximate surface area is 113 Å². The van der Waals surface area contributed by atoms with E-state index in [2.05, 4.69) is 5.32 Å². The van der Waals surface area contributed by atoms with Crippen molar-refractivity contribution in [1.82, 2.24) is 5.32 Å². The third kappa shape index (κ3) is 4.04. The highest BCUT2D eigenvalue weighted by atomic mass is 16.5. The van der Waals surface area contributed by atoms with Crippen molar-refractivity contribution in [3.05, 3.63) is 35.9 Å². The van der Waals surface area contributed by atoms with Crippen LogP contribution < -0.4 is 5.32 Å². The van der Waals surface area contributed by atoms with Gasteiger partial charge in [-0.05, 0) is 25.3 Å². The molecule has 4 nitrogen and oxygen atoms in total. The number of rotatable bonds is 5. The molecule has 104 valence electrons. The van der Waals surface area contributed by atoms with E-state index in [4.69, 9.17) is 4.74 Å². The van der Waals surface area contributed by atoms with Gasteiger partial charge in [0.25, 0.3) is 0 Å². The SMILES string of the molecule is CC(NC(=O)CC(O)c1ccccc1)C1CCCO1. The lowest BCUT2D eigenvalue weighted by Crippen LogP contribution is -2.41. The van der Waals surface area contributed by atoms with E-state index in [0.717, 1.165) is 25.0 Å². The Bertz CT molecular complexity index is 401. The molecule has 19 heavy (non-hydrogen) atoms. The van der Waals surface area contributed by atoms with Gasteiger partial charge in [-0.2, -0.15) is 0 Å². The predicted octanol–water partition coefficient (Wildman–Crippen LogP) is 1.79. The lowest BCUT2D eigenvalue weighted by Gasteiger charge is -2.21. The second-order valence-corrected chi connectivity index (χ2v) is 5.04. The fraction of sp³-hybridized carbons (Fsp3) is 0.533. The van der Waals surface area contributed by atoms with Crippen LogP contribution in [0, 0.1) is 0 Å². The van der Waals surface area contributed by atoms with E-state index in [0.29, 0.717) is 0 Å². The van der Waals surface area contributed by atoms with Crippen LogP contribution >= 0.6 is 0 Å². The predicted molar refractivity (Wildman–Crippen MR) is 72.6 cm³/mol. The number of aliphatic hydroxyl groups excluding tert-OH is 1. The summed E-state index contributed by atoms with van der Waals surface area (Å²) in [5.74, 6) is -0.139. The number of ether oxygens (including phenoxy) is 1. The number of benzene rings is 1. The van der Waals surface area contributed by atoms with Crippen LogP contribution in [0.2, 0.25) is 0 Å². The van der Waals surface area contributed by atoms with Gasteiger partial charge < -0.3 is 15.2 Å². The maximum atomic E-state index is 11.9. The summed E-state index contributed by atoms with van der Waals surface area (Å²) in [5, 5.41) is 12.9. The molecular formula is C15H21NO3. The highest BCUT2D eigenvalue weighted by Crippen LogP contribution is 2.18. The monoisotopic (exact) mass is 263 g/mol. The van der Waals surface area contributed by atoms with E-state index in [1.54, 1.807) is 0 Å². The maximum absolute atomic E-state index is 11.9. The van der Waals surface area contributed by atoms with Gasteiger partial charge in [-0.3, -0.25) is 4.79 Å². The van der Waals surface area contributed by atoms with Crippen molar-refractivity contribution in [2.24, 2.45) is 0 Å². The summed E-state index contributed by atoms with van der Waals surface area (Å²) in [5.41, 5.74) is 0.766. The first-order valence-corrected chi connectivity index (χ1v) is 6.81. The van der Waals surface area contributed by atoms with Crippen LogP contribution in [-0.4, -0.2) is 29.8 Å². The molecule has 0 aromatic heterocycles. The highest BCUT2D eigenvalue weighted by Gasteiger charge is 2.24. The molecule has 2 rings (SSSR count). The van der Waals surface area contributed by atoms with Crippen LogP contribution in [-0.2, 0) is 9.53 Å². The Balaban J connectivity index is 1.80. The van der Waals surface area contributed by atoms with Crippen LogP contribution in [0.3, 0.4) is 0 Å². The van der Waals surface area contributed by atoms with Gasteiger partial charge in [-0.1, -0.05) is 30.3 Å². The highest BCUT2D eigenvalue weighted by molar-refractivity contribution is 5.77. The van der Waals surface area contributed by atoms with Crippen molar-refractivity contribution in [2.45, 2.75) is 44.4 Å². The summed E-state index contributed by atoms with van der Waals surface area (Å²) in [6.07, 6.45) is 1.48. The average Bonchev–Trinajstić information content (AvgIpc) is 2.93. The standard InChI is InChI=1S/C15H21NO3/c1-11(14-8-5-9-19-14)16-15(18)10-13(17)12-6-3-2-4-7-12/h2-4,6-7,11,13-14,17H,5,8-10H2,1H3,(H,16,18). The minimum atomic E-state index is -0.752. The van der Waals surface area contributed by atoms with E-state index in [1.165, 1.54) is 0 Å². The molecule has 1 saturated heterocycles. The molecule has 1 aliphatic heterocycles. The molecule has 3 unspecified atom stereocenters. The lowest BCUT2D eigenvalue weighted by atomic mass is 10.1. The molecule has 0 bridgehead atoms. The van der Waals surface area contributed by atoms with Gasteiger partial charge in [0.05, 0.1) is 24.7 Å². The van der Waals surface area contributed by atoms with Crippen molar-refractivity contribution >= 4 is 5.91 Å². The van der Waals surface area contributed by atoms with E-state index in [1.807, 2.05) is 37.3 Å². The van der Waals surface area contributed by atoms with Crippen LogP contribution in [0.1, 0.15) is 37.9 Å². The smallest absolute Gasteiger partial charge is 0.223 e. The normalized spacial score (nSPS) is 21.9. The van der Waals surface area contributed by atoms with E-state index in [-0.39, 0.29) is 24.5 Å². The van der Waals surface area contributed by atoms with Crippen molar-refractivity contribution in [2.75, 3.05) is 6.61 Å². The van der Waals surface area contributed by atoms with Gasteiger partial charge in [0.2, 0.25) is 5.91 Å². The Kier molecular flexibility index (Phi) is 4.93. The summed E-state index contributed by atoms with van der Waals surface area (Å²) in [4.78, 5) is 11.9. The lowest BCUT2D eigenvalue weighted by molar-refractivity contribution is -0.124. The largest absolute Gasteiger partial charge is 0.388 e. The first-order chi connectivity index (χ1) is 9.16. The fourth-order valence-electron chi connectivity index (χ4n) is 2.37. The van der Waals surface area contributed by atoms with Crippen molar-refractivity contribution in [3.8, 4) is 0 Å². The minimum Gasteiger partial charge on any atom is -0.388 e. The Morgan fingerprint density at radius 3 is 2.84 bits per heavy atom. The summed E-state index contributed by atoms with van der Waals surface area (Å²) in [7, 11) is 0. The van der Waals surface area contributed by atoms with Crippen molar-refractivity contribution in [1.29, 1.82) is 0 Å². The van der Waals surface area contributed by atoms with Gasteiger partial charge >= 0.3 is 0 Å². The maximum Gasteiger partial charge on any atom is 0.223 e. The van der Waals surface area contributed by atoms with Crippen molar-refractivity contribution in [3.63, 3.8) is 0 Å². The molecule has 1 aromatic carbocycles. The van der Waals surface area contributed by atoms with Gasteiger partial charge in [0.15, 0.2) is 0 Å². The molecule has 2 N–H and O–H groups in total. The topological polar surface area (TPSA) is 58.6 Å². The minimum absolute atomic E-state index is 0.00188. The van der Waals surface area contributed by atoms with E-state index < -0.39 is 6.10 Å². The molecule has 1 amide bonds. The summed E-state index contributed by atoms with van der Waals surface area (Å²) < 4.78 is 5.53. The Morgan fingerprint density at radius 2 is 2.21 bits per heavy atom. The molecule has 1 aliphatic rings. The van der Waals surface area contributed by atoms with Crippen molar-refractivity contribution < 1.29 is 14.6 Å². The van der Waals surface area contributed by atoms with Crippen LogP contribution in [0.15, 0.2) is 30.3 Å². The van der Waals surface area contributed by atoms with E-state index >= 15 is 0 Å². The second-order valence-electron chi connectivity index (χ2n) is 5.04. The molecule has 0 radical (unpaired) electrons. The zero-order chi connectivity index (χ0) is 13.7. The third-order valence-corrected chi connectivity index (χ3v) is 3.47. The van der Waals surface area contributed by atoms with Gasteiger partial charge in [0.1, 0.15) is 0 Å². The molecule has 0 saturated carbocycles. The molecule has 3 atom stereocenters. The fourth-order valence-corrected chi connectivity index (χ4v) is 2.37. The molecule has 0 aliphatic carbocycles. The first-order valence-electron chi connectivity index (χ1n) is 6.81. The number of carbonyl (C=O) groups excluding carboxylic acids is 1. The van der Waals surface area contributed by atoms with Gasteiger partial charge in [-0.15, -0.1) is 0 Å².